The molecule has 0 atom stereocenters. The standard InChI is InChI=1S/C54H56N5O3/c60-41-47-21-24-49(59-34-32-57(33-35-59)40-46-17-11-27-55-52(46)43-14-5-2-6-15-43)38-51(47)53(61)44-19-22-48(23-20-44)58-30-25-54(26-31-58,62-37-36-56-28-9-10-29-56)39-45-16-7-8-18-50(45)42-12-3-1-4-13-42/h1-8,11-24,27,38H,9-10,25-26,28-37,39-40H2. The summed E-state index contributed by atoms with van der Waals surface area (Å²) in [6.45, 7) is 9.97. The molecular weight excluding hydrogens is 767 g/mol. The van der Waals surface area contributed by atoms with Gasteiger partial charge in [0.25, 0.3) is 0 Å². The van der Waals surface area contributed by atoms with E-state index in [-0.39, 0.29) is 16.9 Å². The molecule has 0 N–H and O–H groups in total. The SMILES string of the molecule is O=[C]c1ccc(N2CCN(Cc3cccnc3-c3ccccc3)CC2)cc1C(=O)c1ccc(N2CCC(Cc3ccccc3-c3ccccc3)(OCCN3CCCC3)CC2)cc1. The summed E-state index contributed by atoms with van der Waals surface area (Å²) in [6, 6.07) is 47.5. The van der Waals surface area contributed by atoms with E-state index in [4.69, 9.17) is 9.72 Å². The summed E-state index contributed by atoms with van der Waals surface area (Å²) in [5.41, 5.74) is 10.2. The molecule has 0 saturated carbocycles. The van der Waals surface area contributed by atoms with Gasteiger partial charge in [0.1, 0.15) is 0 Å². The number of ketones is 1. The lowest BCUT2D eigenvalue weighted by molar-refractivity contribution is -0.0663. The number of likely N-dealkylation sites (tertiary alicyclic amines) is 1. The van der Waals surface area contributed by atoms with Gasteiger partial charge in [-0.2, -0.15) is 0 Å². The monoisotopic (exact) mass is 822 g/mol. The molecule has 0 unspecified atom stereocenters. The third-order valence-corrected chi connectivity index (χ3v) is 13.2. The second-order valence-corrected chi connectivity index (χ2v) is 17.1. The number of ether oxygens (including phenoxy) is 1. The zero-order chi connectivity index (χ0) is 42.1. The molecule has 3 fully saturated rings. The minimum Gasteiger partial charge on any atom is -0.373 e. The van der Waals surface area contributed by atoms with Crippen molar-refractivity contribution < 1.29 is 14.3 Å². The number of piperazine rings is 1. The fourth-order valence-electron chi connectivity index (χ4n) is 9.68. The lowest BCUT2D eigenvalue weighted by Gasteiger charge is -2.43. The van der Waals surface area contributed by atoms with Crippen LogP contribution in [0.1, 0.15) is 58.3 Å². The zero-order valence-corrected chi connectivity index (χ0v) is 35.6. The van der Waals surface area contributed by atoms with Gasteiger partial charge >= 0.3 is 0 Å². The van der Waals surface area contributed by atoms with Crippen LogP contribution in [0.2, 0.25) is 0 Å². The highest BCUT2D eigenvalue weighted by Gasteiger charge is 2.37. The zero-order valence-electron chi connectivity index (χ0n) is 35.6. The molecule has 0 spiro atoms. The van der Waals surface area contributed by atoms with Crippen molar-refractivity contribution in [3.63, 3.8) is 0 Å². The Morgan fingerprint density at radius 3 is 2.00 bits per heavy atom. The summed E-state index contributed by atoms with van der Waals surface area (Å²) in [5.74, 6) is -0.165. The Balaban J connectivity index is 0.849. The number of aromatic nitrogens is 1. The molecular formula is C54H56N5O3. The molecule has 1 aromatic heterocycles. The number of hydrogen-bond acceptors (Lipinski definition) is 8. The number of carbonyl (C=O) groups is 1. The average molecular weight is 823 g/mol. The van der Waals surface area contributed by atoms with Crippen LogP contribution in [-0.4, -0.2) is 98.0 Å². The Bertz CT molecular complexity index is 2420. The third kappa shape index (κ3) is 9.58. The van der Waals surface area contributed by atoms with Gasteiger partial charge in [0.2, 0.25) is 6.29 Å². The molecule has 3 saturated heterocycles. The van der Waals surface area contributed by atoms with Crippen LogP contribution < -0.4 is 9.80 Å². The molecule has 9 rings (SSSR count). The molecule has 3 aliphatic heterocycles. The van der Waals surface area contributed by atoms with Crippen molar-refractivity contribution >= 4 is 23.4 Å². The molecule has 0 amide bonds. The molecule has 3 aliphatic rings. The van der Waals surface area contributed by atoms with E-state index in [1.165, 1.54) is 48.2 Å². The minimum absolute atomic E-state index is 0.165. The van der Waals surface area contributed by atoms with Crippen molar-refractivity contribution in [1.82, 2.24) is 14.8 Å². The van der Waals surface area contributed by atoms with Crippen molar-refractivity contribution in [1.29, 1.82) is 0 Å². The molecule has 4 heterocycles. The highest BCUT2D eigenvalue weighted by molar-refractivity contribution is 6.13. The summed E-state index contributed by atoms with van der Waals surface area (Å²) in [7, 11) is 0. The smallest absolute Gasteiger partial charge is 0.234 e. The Kier molecular flexibility index (Phi) is 13.0. The number of carbonyl (C=O) groups excluding carboxylic acids is 2. The van der Waals surface area contributed by atoms with Gasteiger partial charge in [-0.3, -0.25) is 19.5 Å². The number of piperidine rings is 1. The van der Waals surface area contributed by atoms with E-state index < -0.39 is 0 Å². The van der Waals surface area contributed by atoms with Gasteiger partial charge < -0.3 is 19.4 Å². The molecule has 5 aromatic carbocycles. The first-order valence-corrected chi connectivity index (χ1v) is 22.4. The van der Waals surface area contributed by atoms with Gasteiger partial charge in [-0.05, 0) is 110 Å². The number of anilines is 2. The van der Waals surface area contributed by atoms with E-state index in [1.54, 1.807) is 6.07 Å². The molecule has 0 bridgehead atoms. The highest BCUT2D eigenvalue weighted by atomic mass is 16.5. The highest BCUT2D eigenvalue weighted by Crippen LogP contribution is 2.36. The molecule has 0 aliphatic carbocycles. The van der Waals surface area contributed by atoms with Crippen molar-refractivity contribution in [3.05, 3.63) is 174 Å². The predicted molar refractivity (Wildman–Crippen MR) is 250 cm³/mol. The number of nitrogens with zero attached hydrogens (tertiary/aromatic N) is 5. The summed E-state index contributed by atoms with van der Waals surface area (Å²) >= 11 is 0. The first kappa shape index (κ1) is 41.4. The van der Waals surface area contributed by atoms with Crippen molar-refractivity contribution in [2.75, 3.05) is 75.3 Å². The van der Waals surface area contributed by atoms with Crippen LogP contribution in [-0.2, 0) is 22.5 Å². The molecule has 315 valence electrons. The van der Waals surface area contributed by atoms with E-state index >= 15 is 0 Å². The number of rotatable bonds is 15. The van der Waals surface area contributed by atoms with E-state index in [0.29, 0.717) is 11.1 Å². The first-order chi connectivity index (χ1) is 30.5. The summed E-state index contributed by atoms with van der Waals surface area (Å²) in [5, 5.41) is 0. The van der Waals surface area contributed by atoms with E-state index in [9.17, 15) is 9.59 Å². The Morgan fingerprint density at radius 1 is 0.629 bits per heavy atom. The summed E-state index contributed by atoms with van der Waals surface area (Å²) in [6.07, 6.45) is 9.14. The van der Waals surface area contributed by atoms with Crippen LogP contribution in [0, 0.1) is 0 Å². The maximum absolute atomic E-state index is 14.1. The van der Waals surface area contributed by atoms with E-state index in [2.05, 4.69) is 117 Å². The van der Waals surface area contributed by atoms with Crippen LogP contribution in [0.15, 0.2) is 146 Å². The van der Waals surface area contributed by atoms with Crippen LogP contribution in [0.3, 0.4) is 0 Å². The second-order valence-electron chi connectivity index (χ2n) is 17.1. The molecule has 8 heteroatoms. The van der Waals surface area contributed by atoms with Crippen LogP contribution in [0.25, 0.3) is 22.4 Å². The maximum atomic E-state index is 14.1. The molecule has 8 nitrogen and oxygen atoms in total. The van der Waals surface area contributed by atoms with E-state index in [0.717, 1.165) is 101 Å². The van der Waals surface area contributed by atoms with Crippen molar-refractivity contribution in [2.45, 2.75) is 44.2 Å². The van der Waals surface area contributed by atoms with Gasteiger partial charge in [-0.1, -0.05) is 91.0 Å². The topological polar surface area (TPSA) is 69.2 Å². The largest absolute Gasteiger partial charge is 0.373 e. The quantitative estimate of drug-likeness (QED) is 0.0952. The Labute approximate surface area is 366 Å². The van der Waals surface area contributed by atoms with Gasteiger partial charge in [0.05, 0.1) is 17.9 Å². The summed E-state index contributed by atoms with van der Waals surface area (Å²) in [4.78, 5) is 40.6. The van der Waals surface area contributed by atoms with Crippen molar-refractivity contribution in [3.8, 4) is 22.4 Å². The maximum Gasteiger partial charge on any atom is 0.234 e. The number of benzene rings is 5. The summed E-state index contributed by atoms with van der Waals surface area (Å²) < 4.78 is 6.98. The Hall–Kier alpha value is -5.93. The minimum atomic E-state index is -0.262. The number of pyridine rings is 1. The molecule has 62 heavy (non-hydrogen) atoms. The lowest BCUT2D eigenvalue weighted by Crippen LogP contribution is -2.48. The average Bonchev–Trinajstić information content (AvgIpc) is 3.86. The van der Waals surface area contributed by atoms with Gasteiger partial charge in [-0.15, -0.1) is 0 Å². The van der Waals surface area contributed by atoms with Crippen molar-refractivity contribution in [2.24, 2.45) is 0 Å². The van der Waals surface area contributed by atoms with E-state index in [1.807, 2.05) is 48.9 Å². The Morgan fingerprint density at radius 2 is 1.27 bits per heavy atom. The second kappa shape index (κ2) is 19.4. The third-order valence-electron chi connectivity index (χ3n) is 13.2. The van der Waals surface area contributed by atoms with Gasteiger partial charge in [0.15, 0.2) is 5.78 Å². The van der Waals surface area contributed by atoms with Crippen LogP contribution >= 0.6 is 0 Å². The fourth-order valence-corrected chi connectivity index (χ4v) is 9.68. The lowest BCUT2D eigenvalue weighted by atomic mass is 9.82. The molecule has 1 radical (unpaired) electrons. The van der Waals surface area contributed by atoms with Gasteiger partial charge in [0, 0.05) is 98.6 Å². The first-order valence-electron chi connectivity index (χ1n) is 22.4. The fraction of sp³-hybridized carbons (Fsp3) is 0.315. The van der Waals surface area contributed by atoms with Crippen LogP contribution in [0.4, 0.5) is 11.4 Å². The molecule has 6 aromatic rings. The van der Waals surface area contributed by atoms with Crippen LogP contribution in [0.5, 0.6) is 0 Å². The predicted octanol–water partition coefficient (Wildman–Crippen LogP) is 9.12. The van der Waals surface area contributed by atoms with Gasteiger partial charge in [-0.25, -0.2) is 0 Å². The number of hydrogen-bond donors (Lipinski definition) is 0. The normalized spacial score (nSPS) is 17.0.